The van der Waals surface area contributed by atoms with Crippen LogP contribution in [0.3, 0.4) is 0 Å². The van der Waals surface area contributed by atoms with Crippen LogP contribution in [0.25, 0.3) is 27.1 Å². The average molecular weight is 380 g/mol. The van der Waals surface area contributed by atoms with E-state index in [1.165, 1.54) is 16.2 Å². The molecule has 0 amide bonds. The lowest BCUT2D eigenvalue weighted by molar-refractivity contribution is 0.0703. The van der Waals surface area contributed by atoms with E-state index in [1.54, 1.807) is 11.8 Å². The van der Waals surface area contributed by atoms with E-state index in [1.807, 2.05) is 49.6 Å². The molecule has 0 unspecified atom stereocenters. The van der Waals surface area contributed by atoms with Gasteiger partial charge in [0.1, 0.15) is 4.88 Å². The molecule has 3 aromatic rings. The van der Waals surface area contributed by atoms with Gasteiger partial charge in [-0.2, -0.15) is 0 Å². The van der Waals surface area contributed by atoms with E-state index in [4.69, 9.17) is 6.57 Å². The number of benzene rings is 2. The van der Waals surface area contributed by atoms with Gasteiger partial charge >= 0.3 is 5.97 Å². The van der Waals surface area contributed by atoms with E-state index in [0.717, 1.165) is 21.6 Å². The van der Waals surface area contributed by atoms with Crippen LogP contribution in [0.5, 0.6) is 0 Å². The van der Waals surface area contributed by atoms with Crippen molar-refractivity contribution < 1.29 is 9.90 Å². The van der Waals surface area contributed by atoms with Gasteiger partial charge in [-0.15, -0.1) is 23.1 Å². The lowest BCUT2D eigenvalue weighted by Crippen LogP contribution is -1.94. The molecule has 5 heteroatoms. The zero-order valence-corrected chi connectivity index (χ0v) is 16.1. The topological polar surface area (TPSA) is 41.7 Å². The fourth-order valence-corrected chi connectivity index (χ4v) is 4.60. The van der Waals surface area contributed by atoms with Gasteiger partial charge in [0, 0.05) is 15.3 Å². The predicted octanol–water partition coefficient (Wildman–Crippen LogP) is 6.62. The maximum Gasteiger partial charge on any atom is 0.345 e. The average Bonchev–Trinajstić information content (AvgIpc) is 3.07. The van der Waals surface area contributed by atoms with Gasteiger partial charge in [-0.05, 0) is 35.4 Å². The Hall–Kier alpha value is -2.55. The molecule has 26 heavy (non-hydrogen) atoms. The van der Waals surface area contributed by atoms with Crippen LogP contribution in [0.1, 0.15) is 21.5 Å². The van der Waals surface area contributed by atoms with E-state index in [-0.39, 0.29) is 4.88 Å². The minimum absolute atomic E-state index is 0.241. The summed E-state index contributed by atoms with van der Waals surface area (Å²) in [5, 5.41) is 9.56. The largest absolute Gasteiger partial charge is 0.477 e. The quantitative estimate of drug-likeness (QED) is 0.400. The number of thiophene rings is 1. The van der Waals surface area contributed by atoms with Gasteiger partial charge in [0.05, 0.1) is 6.57 Å². The Morgan fingerprint density at radius 1 is 1.15 bits per heavy atom. The van der Waals surface area contributed by atoms with Gasteiger partial charge in [0.25, 0.3) is 0 Å². The summed E-state index contributed by atoms with van der Waals surface area (Å²) in [7, 11) is 0. The fourth-order valence-electron chi connectivity index (χ4n) is 2.95. The van der Waals surface area contributed by atoms with Crippen molar-refractivity contribution in [2.75, 3.05) is 6.26 Å². The Morgan fingerprint density at radius 2 is 1.81 bits per heavy atom. The fraction of sp³-hybridized carbons (Fsp3) is 0.143. The van der Waals surface area contributed by atoms with Crippen LogP contribution < -0.4 is 0 Å². The second-order valence-electron chi connectivity index (χ2n) is 5.63. The van der Waals surface area contributed by atoms with Crippen LogP contribution in [-0.4, -0.2) is 17.3 Å². The maximum atomic E-state index is 11.7. The molecule has 3 nitrogen and oxygen atoms in total. The van der Waals surface area contributed by atoms with Crippen LogP contribution in [0.2, 0.25) is 0 Å². The zero-order valence-electron chi connectivity index (χ0n) is 14.4. The van der Waals surface area contributed by atoms with Crippen molar-refractivity contribution in [2.24, 2.45) is 0 Å². The van der Waals surface area contributed by atoms with Crippen LogP contribution in [0, 0.1) is 6.57 Å². The lowest BCUT2D eigenvalue weighted by atomic mass is 9.99. The molecule has 0 bridgehead atoms. The summed E-state index contributed by atoms with van der Waals surface area (Å²) in [6, 6.07) is 16.0. The highest BCUT2D eigenvalue weighted by atomic mass is 32.2. The van der Waals surface area contributed by atoms with Crippen molar-refractivity contribution >= 4 is 34.8 Å². The number of rotatable bonds is 5. The van der Waals surface area contributed by atoms with Crippen molar-refractivity contribution in [3.63, 3.8) is 0 Å². The summed E-state index contributed by atoms with van der Waals surface area (Å²) in [6.07, 6.45) is 2.70. The SMILES string of the molecule is [C-]#[N+]c1c(CC)sc(C(=O)O)c1-c1ccc(-c2ccccc2SC)cc1. The van der Waals surface area contributed by atoms with Crippen LogP contribution in [0.4, 0.5) is 5.69 Å². The summed E-state index contributed by atoms with van der Waals surface area (Å²) < 4.78 is 0. The number of thioether (sulfide) groups is 1. The van der Waals surface area contributed by atoms with E-state index in [0.29, 0.717) is 17.7 Å². The first-order valence-electron chi connectivity index (χ1n) is 8.10. The first-order valence-corrected chi connectivity index (χ1v) is 10.1. The molecule has 130 valence electrons. The number of aromatic carboxylic acids is 1. The highest BCUT2D eigenvalue weighted by Gasteiger charge is 2.23. The molecule has 1 aromatic heterocycles. The van der Waals surface area contributed by atoms with E-state index < -0.39 is 5.97 Å². The summed E-state index contributed by atoms with van der Waals surface area (Å²) in [6.45, 7) is 9.44. The molecule has 2 aromatic carbocycles. The molecule has 1 heterocycles. The summed E-state index contributed by atoms with van der Waals surface area (Å²) in [4.78, 5) is 17.5. The van der Waals surface area contributed by atoms with Crippen molar-refractivity contribution in [3.8, 4) is 22.3 Å². The molecule has 0 aliphatic carbocycles. The molecule has 0 saturated carbocycles. The number of nitrogens with zero attached hydrogens (tertiary/aromatic N) is 1. The first-order chi connectivity index (χ1) is 12.6. The zero-order chi connectivity index (χ0) is 18.7. The minimum atomic E-state index is -0.980. The van der Waals surface area contributed by atoms with Gasteiger partial charge in [0.15, 0.2) is 0 Å². The van der Waals surface area contributed by atoms with Gasteiger partial charge in [-0.1, -0.05) is 49.4 Å². The molecule has 0 atom stereocenters. The van der Waals surface area contributed by atoms with Crippen LogP contribution in [-0.2, 0) is 6.42 Å². The standard InChI is InChI=1S/C21H17NO2S2/c1-4-16-19(22-2)18(20(26-16)21(23)24)14-11-9-13(10-12-14)15-7-5-6-8-17(15)25-3/h5-12H,4H2,1,3H3,(H,23,24). The highest BCUT2D eigenvalue weighted by molar-refractivity contribution is 7.98. The van der Waals surface area contributed by atoms with Gasteiger partial charge in [-0.3, -0.25) is 0 Å². The van der Waals surface area contributed by atoms with Crippen molar-refractivity contribution in [3.05, 3.63) is 69.7 Å². The Morgan fingerprint density at radius 3 is 2.38 bits per heavy atom. The summed E-state index contributed by atoms with van der Waals surface area (Å²) in [5.41, 5.74) is 4.00. The molecule has 0 fully saturated rings. The second-order valence-corrected chi connectivity index (χ2v) is 7.58. The number of aryl methyl sites for hydroxylation is 1. The second kappa shape index (κ2) is 7.77. The van der Waals surface area contributed by atoms with Crippen LogP contribution in [0.15, 0.2) is 53.4 Å². The highest BCUT2D eigenvalue weighted by Crippen LogP contribution is 2.43. The van der Waals surface area contributed by atoms with E-state index in [9.17, 15) is 9.90 Å². The van der Waals surface area contributed by atoms with Crippen molar-refractivity contribution in [2.45, 2.75) is 18.2 Å². The molecule has 0 aliphatic heterocycles. The van der Waals surface area contributed by atoms with Crippen molar-refractivity contribution in [1.82, 2.24) is 0 Å². The molecular formula is C21H17NO2S2. The van der Waals surface area contributed by atoms with Crippen LogP contribution >= 0.6 is 23.1 Å². The third kappa shape index (κ3) is 3.26. The Labute approximate surface area is 161 Å². The molecule has 0 radical (unpaired) electrons. The molecule has 0 saturated heterocycles. The third-order valence-electron chi connectivity index (χ3n) is 4.17. The molecule has 3 rings (SSSR count). The predicted molar refractivity (Wildman–Crippen MR) is 110 cm³/mol. The number of hydrogen-bond donors (Lipinski definition) is 1. The minimum Gasteiger partial charge on any atom is -0.477 e. The Bertz CT molecular complexity index is 998. The van der Waals surface area contributed by atoms with Crippen molar-refractivity contribution in [1.29, 1.82) is 0 Å². The molecule has 1 N–H and O–H groups in total. The number of hydrogen-bond acceptors (Lipinski definition) is 3. The molecule has 0 aliphatic rings. The maximum absolute atomic E-state index is 11.7. The van der Waals surface area contributed by atoms with Gasteiger partial charge in [0.2, 0.25) is 5.69 Å². The number of carboxylic acid groups (broad SMARTS) is 1. The Kier molecular flexibility index (Phi) is 5.46. The number of carboxylic acids is 1. The number of carbonyl (C=O) groups is 1. The van der Waals surface area contributed by atoms with E-state index in [2.05, 4.69) is 17.0 Å². The Balaban J connectivity index is 2.11. The lowest BCUT2D eigenvalue weighted by Gasteiger charge is -2.09. The monoisotopic (exact) mass is 379 g/mol. The summed E-state index contributed by atoms with van der Waals surface area (Å²) in [5.74, 6) is -0.980. The molecule has 0 spiro atoms. The normalized spacial score (nSPS) is 10.5. The van der Waals surface area contributed by atoms with Gasteiger partial charge in [-0.25, -0.2) is 9.64 Å². The molecular weight excluding hydrogens is 362 g/mol. The van der Waals surface area contributed by atoms with E-state index >= 15 is 0 Å². The third-order valence-corrected chi connectivity index (χ3v) is 6.28. The smallest absolute Gasteiger partial charge is 0.345 e. The van der Waals surface area contributed by atoms with Gasteiger partial charge < -0.3 is 5.11 Å². The first kappa shape index (κ1) is 18.2. The summed E-state index contributed by atoms with van der Waals surface area (Å²) >= 11 is 2.90.